The van der Waals surface area contributed by atoms with Crippen LogP contribution in [0.1, 0.15) is 31.2 Å². The zero-order chi connectivity index (χ0) is 13.5. The monoisotopic (exact) mass is 262 g/mol. The Bertz CT molecular complexity index is 451. The van der Waals surface area contributed by atoms with Gasteiger partial charge in [0.2, 0.25) is 0 Å². The molecule has 2 rings (SSSR count). The molecule has 1 aliphatic heterocycles. The number of likely N-dealkylation sites (tertiary alicyclic amines) is 1. The zero-order valence-corrected chi connectivity index (χ0v) is 10.9. The number of hydrogen-bond donors (Lipinski definition) is 1. The number of amides is 2. The Morgan fingerprint density at radius 2 is 1.95 bits per heavy atom. The number of hydrogen-bond acceptors (Lipinski definition) is 1. The van der Waals surface area contributed by atoms with Crippen LogP contribution in [-0.2, 0) is 0 Å². The summed E-state index contributed by atoms with van der Waals surface area (Å²) in [6.45, 7) is 1.64. The van der Waals surface area contributed by atoms with Gasteiger partial charge >= 0.3 is 6.03 Å². The molecule has 1 aromatic rings. The maximum atomic E-state index is 13.0. The summed E-state index contributed by atoms with van der Waals surface area (Å²) in [6.07, 6.45) is 7.80. The minimum absolute atomic E-state index is 0.0745. The van der Waals surface area contributed by atoms with Gasteiger partial charge in [-0.15, -0.1) is 0 Å². The molecule has 1 fully saturated rings. The third-order valence-electron chi connectivity index (χ3n) is 3.22. The fraction of sp³-hybridized carbons (Fsp3) is 0.400. The highest BCUT2D eigenvalue weighted by atomic mass is 19.1. The fourth-order valence-corrected chi connectivity index (χ4v) is 2.18. The Labute approximate surface area is 113 Å². The summed E-state index contributed by atoms with van der Waals surface area (Å²) in [5.74, 6) is -0.277. The Morgan fingerprint density at radius 1 is 1.21 bits per heavy atom. The molecule has 0 spiro atoms. The van der Waals surface area contributed by atoms with Crippen LogP contribution in [-0.4, -0.2) is 24.0 Å². The second kappa shape index (κ2) is 6.92. The summed E-state index contributed by atoms with van der Waals surface area (Å²) in [6, 6.07) is 6.18. The summed E-state index contributed by atoms with van der Waals surface area (Å²) < 4.78 is 13.0. The molecule has 0 saturated carbocycles. The van der Waals surface area contributed by atoms with E-state index in [1.807, 2.05) is 4.90 Å². The lowest BCUT2D eigenvalue weighted by Crippen LogP contribution is -2.38. The largest absolute Gasteiger partial charge is 0.325 e. The third-order valence-corrected chi connectivity index (χ3v) is 3.22. The predicted octanol–water partition coefficient (Wildman–Crippen LogP) is 3.38. The van der Waals surface area contributed by atoms with Gasteiger partial charge in [0.25, 0.3) is 0 Å². The van der Waals surface area contributed by atoms with Gasteiger partial charge in [-0.25, -0.2) is 9.18 Å². The lowest BCUT2D eigenvalue weighted by molar-refractivity contribution is 0.203. The number of halogens is 1. The van der Waals surface area contributed by atoms with E-state index in [1.165, 1.54) is 25.0 Å². The Kier molecular flexibility index (Phi) is 4.95. The van der Waals surface area contributed by atoms with Gasteiger partial charge in [0, 0.05) is 19.3 Å². The van der Waals surface area contributed by atoms with E-state index in [4.69, 9.17) is 0 Å². The average molecular weight is 262 g/mol. The Morgan fingerprint density at radius 3 is 2.63 bits per heavy atom. The summed E-state index contributed by atoms with van der Waals surface area (Å²) in [5, 5.41) is 2.73. The highest BCUT2D eigenvalue weighted by Gasteiger charge is 2.13. The molecule has 0 atom stereocenters. The summed E-state index contributed by atoms with van der Waals surface area (Å²) in [7, 11) is 0. The van der Waals surface area contributed by atoms with Crippen molar-refractivity contribution in [1.82, 2.24) is 10.2 Å². The lowest BCUT2D eigenvalue weighted by atomic mass is 10.2. The first-order valence-electron chi connectivity index (χ1n) is 6.73. The summed E-state index contributed by atoms with van der Waals surface area (Å²) >= 11 is 0. The van der Waals surface area contributed by atoms with Gasteiger partial charge in [0.1, 0.15) is 5.82 Å². The van der Waals surface area contributed by atoms with Gasteiger partial charge in [-0.05, 0) is 36.6 Å². The highest BCUT2D eigenvalue weighted by Crippen LogP contribution is 2.09. The van der Waals surface area contributed by atoms with E-state index in [0.717, 1.165) is 31.5 Å². The van der Waals surface area contributed by atoms with Crippen LogP contribution in [0.2, 0.25) is 0 Å². The van der Waals surface area contributed by atoms with Crippen molar-refractivity contribution in [3.63, 3.8) is 0 Å². The van der Waals surface area contributed by atoms with Gasteiger partial charge < -0.3 is 10.2 Å². The van der Waals surface area contributed by atoms with E-state index in [1.54, 1.807) is 24.4 Å². The molecule has 0 aliphatic carbocycles. The Hall–Kier alpha value is -1.84. The minimum atomic E-state index is -0.277. The normalized spacial score (nSPS) is 16.4. The number of nitrogens with zero attached hydrogens (tertiary/aromatic N) is 1. The van der Waals surface area contributed by atoms with Gasteiger partial charge in [-0.3, -0.25) is 0 Å². The fourth-order valence-electron chi connectivity index (χ4n) is 2.18. The molecule has 0 bridgehead atoms. The van der Waals surface area contributed by atoms with Crippen LogP contribution in [0.4, 0.5) is 9.18 Å². The van der Waals surface area contributed by atoms with E-state index >= 15 is 0 Å². The van der Waals surface area contributed by atoms with Crippen LogP contribution in [0.15, 0.2) is 30.5 Å². The molecule has 2 amide bonds. The predicted molar refractivity (Wildman–Crippen MR) is 74.0 cm³/mol. The molecule has 102 valence electrons. The number of carbonyl (C=O) groups excluding carboxylic acids is 1. The molecule has 0 aromatic heterocycles. The van der Waals surface area contributed by atoms with Crippen molar-refractivity contribution in [2.24, 2.45) is 0 Å². The van der Waals surface area contributed by atoms with Crippen LogP contribution in [0.25, 0.3) is 6.08 Å². The van der Waals surface area contributed by atoms with Crippen molar-refractivity contribution in [2.45, 2.75) is 25.7 Å². The topological polar surface area (TPSA) is 32.3 Å². The number of urea groups is 1. The molecular formula is C15H19FN2O. The summed E-state index contributed by atoms with van der Waals surface area (Å²) in [5.41, 5.74) is 0.733. The van der Waals surface area contributed by atoms with Crippen molar-refractivity contribution < 1.29 is 9.18 Å². The molecule has 0 unspecified atom stereocenters. The molecule has 4 heteroatoms. The first-order chi connectivity index (χ1) is 9.25. The number of benzene rings is 1. The van der Waals surface area contributed by atoms with Crippen LogP contribution in [0.3, 0.4) is 0 Å². The Balaban J connectivity index is 1.85. The third kappa shape index (κ3) is 4.39. The first kappa shape index (κ1) is 13.6. The zero-order valence-electron chi connectivity index (χ0n) is 10.9. The van der Waals surface area contributed by atoms with E-state index in [-0.39, 0.29) is 11.8 Å². The molecule has 1 saturated heterocycles. The van der Waals surface area contributed by atoms with Crippen molar-refractivity contribution in [3.8, 4) is 0 Å². The van der Waals surface area contributed by atoms with Crippen molar-refractivity contribution in [1.29, 1.82) is 0 Å². The van der Waals surface area contributed by atoms with Crippen molar-refractivity contribution in [3.05, 3.63) is 41.8 Å². The quantitative estimate of drug-likeness (QED) is 0.870. The molecule has 0 radical (unpaired) electrons. The molecule has 19 heavy (non-hydrogen) atoms. The standard InChI is InChI=1S/C15H19FN2O/c16-14-7-5-6-13(12-14)8-9-17-15(19)18-10-3-1-2-4-11-18/h5-9,12H,1-4,10-11H2,(H,17,19)/b9-8+. The van der Waals surface area contributed by atoms with E-state index in [0.29, 0.717) is 0 Å². The van der Waals surface area contributed by atoms with Crippen LogP contribution < -0.4 is 5.32 Å². The lowest BCUT2D eigenvalue weighted by Gasteiger charge is -2.19. The van der Waals surface area contributed by atoms with E-state index < -0.39 is 0 Å². The maximum absolute atomic E-state index is 13.0. The molecule has 1 aromatic carbocycles. The van der Waals surface area contributed by atoms with Crippen molar-refractivity contribution >= 4 is 12.1 Å². The first-order valence-corrected chi connectivity index (χ1v) is 6.73. The molecule has 1 heterocycles. The number of rotatable bonds is 2. The SMILES string of the molecule is O=C(N/C=C/c1cccc(F)c1)N1CCCCCC1. The minimum Gasteiger partial charge on any atom is -0.325 e. The second-order valence-corrected chi connectivity index (χ2v) is 4.74. The molecular weight excluding hydrogens is 243 g/mol. The average Bonchev–Trinajstić information content (AvgIpc) is 2.67. The van der Waals surface area contributed by atoms with E-state index in [2.05, 4.69) is 5.32 Å². The van der Waals surface area contributed by atoms with Crippen LogP contribution in [0, 0.1) is 5.82 Å². The second-order valence-electron chi connectivity index (χ2n) is 4.74. The summed E-state index contributed by atoms with van der Waals surface area (Å²) in [4.78, 5) is 13.7. The van der Waals surface area contributed by atoms with Crippen LogP contribution in [0.5, 0.6) is 0 Å². The smallest absolute Gasteiger partial charge is 0.321 e. The van der Waals surface area contributed by atoms with E-state index in [9.17, 15) is 9.18 Å². The number of nitrogens with one attached hydrogen (secondary N) is 1. The van der Waals surface area contributed by atoms with Gasteiger partial charge in [0.05, 0.1) is 0 Å². The van der Waals surface area contributed by atoms with Crippen molar-refractivity contribution in [2.75, 3.05) is 13.1 Å². The van der Waals surface area contributed by atoms with Gasteiger partial charge in [-0.2, -0.15) is 0 Å². The van der Waals surface area contributed by atoms with Gasteiger partial charge in [-0.1, -0.05) is 25.0 Å². The molecule has 3 nitrogen and oxygen atoms in total. The number of carbonyl (C=O) groups is 1. The van der Waals surface area contributed by atoms with Gasteiger partial charge in [0.15, 0.2) is 0 Å². The maximum Gasteiger partial charge on any atom is 0.321 e. The molecule has 1 aliphatic rings. The highest BCUT2D eigenvalue weighted by molar-refractivity contribution is 5.76. The molecule has 1 N–H and O–H groups in total. The van der Waals surface area contributed by atoms with Crippen LogP contribution >= 0.6 is 0 Å².